The molecule has 0 fully saturated rings. The number of nitrogens with one attached hydrogen (secondary N) is 1. The van der Waals surface area contributed by atoms with E-state index in [0.29, 0.717) is 23.4 Å². The van der Waals surface area contributed by atoms with Crippen molar-refractivity contribution in [1.29, 1.82) is 0 Å². The summed E-state index contributed by atoms with van der Waals surface area (Å²) in [5.41, 5.74) is 9.39. The number of carbonyl (C=O) groups is 1. The predicted molar refractivity (Wildman–Crippen MR) is 108 cm³/mol. The minimum atomic E-state index is -1.12. The minimum absolute atomic E-state index is 0.323. The van der Waals surface area contributed by atoms with Crippen LogP contribution in [0.3, 0.4) is 0 Å². The molecule has 8 nitrogen and oxygen atoms in total. The van der Waals surface area contributed by atoms with Gasteiger partial charge in [0.05, 0.1) is 16.9 Å². The lowest BCUT2D eigenvalue weighted by Gasteiger charge is -2.13. The van der Waals surface area contributed by atoms with E-state index in [1.54, 1.807) is 12.3 Å². The molecule has 0 spiro atoms. The number of amides is 1. The molecule has 0 radical (unpaired) electrons. The fourth-order valence-electron chi connectivity index (χ4n) is 3.27. The van der Waals surface area contributed by atoms with Crippen LogP contribution in [0.25, 0.3) is 33.1 Å². The number of hydrogen-bond donors (Lipinski definition) is 3. The van der Waals surface area contributed by atoms with Gasteiger partial charge in [-0.15, -0.1) is 6.58 Å². The zero-order valence-corrected chi connectivity index (χ0v) is 14.9. The van der Waals surface area contributed by atoms with Crippen molar-refractivity contribution < 1.29 is 9.90 Å². The van der Waals surface area contributed by atoms with E-state index in [-0.39, 0.29) is 0 Å². The van der Waals surface area contributed by atoms with Crippen LogP contribution in [0.5, 0.6) is 0 Å². The third kappa shape index (κ3) is 3.11. The number of aromatic nitrogens is 4. The summed E-state index contributed by atoms with van der Waals surface area (Å²) in [4.78, 5) is 24.0. The van der Waals surface area contributed by atoms with Crippen LogP contribution in [0.4, 0.5) is 10.6 Å². The monoisotopic (exact) mass is 374 g/mol. The second-order valence-electron chi connectivity index (χ2n) is 6.36. The molecule has 4 N–H and O–H groups in total. The van der Waals surface area contributed by atoms with Gasteiger partial charge in [0.1, 0.15) is 17.8 Å². The van der Waals surface area contributed by atoms with Gasteiger partial charge >= 0.3 is 6.09 Å². The maximum Gasteiger partial charge on any atom is 0.405 e. The summed E-state index contributed by atoms with van der Waals surface area (Å²) >= 11 is 0. The van der Waals surface area contributed by atoms with Crippen molar-refractivity contribution >= 4 is 33.8 Å². The Kier molecular flexibility index (Phi) is 4.36. The van der Waals surface area contributed by atoms with Crippen LogP contribution in [0.15, 0.2) is 61.7 Å². The number of hydrogen-bond acceptors (Lipinski definition) is 5. The molecule has 1 atom stereocenters. The van der Waals surface area contributed by atoms with Crippen LogP contribution < -0.4 is 11.1 Å². The molecule has 0 saturated carbocycles. The molecule has 4 rings (SSSR count). The Morgan fingerprint density at radius 2 is 2.14 bits per heavy atom. The fraction of sp³-hybridized carbons (Fsp3) is 0.100. The molecule has 0 aliphatic heterocycles. The van der Waals surface area contributed by atoms with Gasteiger partial charge in [-0.1, -0.05) is 24.3 Å². The molecule has 140 valence electrons. The number of anilines is 1. The zero-order chi connectivity index (χ0) is 19.7. The summed E-state index contributed by atoms with van der Waals surface area (Å²) in [5, 5.41) is 13.1. The molecule has 8 heteroatoms. The molecule has 0 bridgehead atoms. The van der Waals surface area contributed by atoms with Crippen LogP contribution in [-0.2, 0) is 6.54 Å². The number of pyridine rings is 1. The van der Waals surface area contributed by atoms with Crippen molar-refractivity contribution in [3.05, 3.63) is 61.7 Å². The summed E-state index contributed by atoms with van der Waals surface area (Å²) in [7, 11) is 0. The van der Waals surface area contributed by atoms with Gasteiger partial charge in [0, 0.05) is 35.5 Å². The Balaban J connectivity index is 1.86. The Morgan fingerprint density at radius 1 is 1.32 bits per heavy atom. The number of para-hydroxylation sites is 1. The number of nitrogens with zero attached hydrogens (tertiary/aromatic N) is 4. The lowest BCUT2D eigenvalue weighted by Crippen LogP contribution is -2.35. The number of benzene rings is 1. The molecular formula is C20H18N6O2. The van der Waals surface area contributed by atoms with Gasteiger partial charge in [-0.05, 0) is 12.1 Å². The van der Waals surface area contributed by atoms with Gasteiger partial charge < -0.3 is 20.7 Å². The molecule has 4 aromatic rings. The largest absolute Gasteiger partial charge is 0.465 e. The first-order chi connectivity index (χ1) is 13.6. The van der Waals surface area contributed by atoms with Crippen LogP contribution >= 0.6 is 0 Å². The molecule has 0 aliphatic rings. The maximum absolute atomic E-state index is 11.0. The highest BCUT2D eigenvalue weighted by molar-refractivity contribution is 6.01. The van der Waals surface area contributed by atoms with Gasteiger partial charge in [-0.25, -0.2) is 14.8 Å². The quantitative estimate of drug-likeness (QED) is 0.462. The van der Waals surface area contributed by atoms with Crippen molar-refractivity contribution in [2.75, 3.05) is 5.73 Å². The van der Waals surface area contributed by atoms with E-state index in [4.69, 9.17) is 10.8 Å². The Morgan fingerprint density at radius 3 is 2.93 bits per heavy atom. The number of rotatable bonds is 5. The van der Waals surface area contributed by atoms with E-state index in [2.05, 4.69) is 26.8 Å². The second kappa shape index (κ2) is 6.99. The second-order valence-corrected chi connectivity index (χ2v) is 6.36. The molecule has 3 aromatic heterocycles. The summed E-state index contributed by atoms with van der Waals surface area (Å²) in [6, 6.07) is 9.40. The van der Waals surface area contributed by atoms with Crippen molar-refractivity contribution in [3.8, 4) is 11.1 Å². The minimum Gasteiger partial charge on any atom is -0.465 e. The highest BCUT2D eigenvalue weighted by Gasteiger charge is 2.18. The lowest BCUT2D eigenvalue weighted by atomic mass is 10.1. The van der Waals surface area contributed by atoms with Crippen LogP contribution in [0.2, 0.25) is 0 Å². The first kappa shape index (κ1) is 17.5. The molecule has 1 aromatic carbocycles. The average molecular weight is 374 g/mol. The van der Waals surface area contributed by atoms with E-state index in [9.17, 15) is 4.79 Å². The third-order valence-electron chi connectivity index (χ3n) is 4.57. The Bertz CT molecular complexity index is 1200. The molecule has 1 unspecified atom stereocenters. The van der Waals surface area contributed by atoms with Crippen LogP contribution in [0.1, 0.15) is 0 Å². The van der Waals surface area contributed by atoms with E-state index in [0.717, 1.165) is 22.0 Å². The van der Waals surface area contributed by atoms with Gasteiger partial charge in [0.2, 0.25) is 0 Å². The standard InChI is InChI=1S/C20H18N6O2/c1-2-14(25-20(27)28)9-26-10-15(17-18(21)23-11-24-19(17)26)13-7-12-5-3-4-6-16(12)22-8-13/h2-8,10-11,14,25H,1,9H2,(H,27,28)(H2,21,23,24). The van der Waals surface area contributed by atoms with E-state index in [1.807, 2.05) is 41.1 Å². The van der Waals surface area contributed by atoms with E-state index in [1.165, 1.54) is 6.33 Å². The molecule has 28 heavy (non-hydrogen) atoms. The van der Waals surface area contributed by atoms with Crippen LogP contribution in [0, 0.1) is 0 Å². The first-order valence-corrected chi connectivity index (χ1v) is 8.63. The topological polar surface area (TPSA) is 119 Å². The highest BCUT2D eigenvalue weighted by atomic mass is 16.4. The first-order valence-electron chi connectivity index (χ1n) is 8.63. The number of nitrogens with two attached hydrogens (primary N) is 1. The average Bonchev–Trinajstić information content (AvgIpc) is 3.06. The normalized spacial score (nSPS) is 12.1. The smallest absolute Gasteiger partial charge is 0.405 e. The van der Waals surface area contributed by atoms with Gasteiger partial charge in [-0.2, -0.15) is 0 Å². The SMILES string of the molecule is C=CC(Cn1cc(-c2cnc3ccccc3c2)c2c(N)ncnc21)NC(=O)O. The molecule has 1 amide bonds. The number of carboxylic acid groups (broad SMARTS) is 1. The lowest BCUT2D eigenvalue weighted by molar-refractivity contribution is 0.191. The van der Waals surface area contributed by atoms with Crippen molar-refractivity contribution in [2.45, 2.75) is 12.6 Å². The molecule has 0 aliphatic carbocycles. The number of nitrogen functional groups attached to an aromatic ring is 1. The molecular weight excluding hydrogens is 356 g/mol. The van der Waals surface area contributed by atoms with E-state index < -0.39 is 12.1 Å². The van der Waals surface area contributed by atoms with Crippen molar-refractivity contribution in [1.82, 2.24) is 24.8 Å². The third-order valence-corrected chi connectivity index (χ3v) is 4.57. The van der Waals surface area contributed by atoms with Gasteiger partial charge in [0.15, 0.2) is 0 Å². The summed E-state index contributed by atoms with van der Waals surface area (Å²) in [6.07, 6.45) is 5.50. The predicted octanol–water partition coefficient (Wildman–Crippen LogP) is 3.05. The fourth-order valence-corrected chi connectivity index (χ4v) is 3.27. The van der Waals surface area contributed by atoms with Gasteiger partial charge in [0.25, 0.3) is 0 Å². The maximum atomic E-state index is 11.0. The van der Waals surface area contributed by atoms with Crippen LogP contribution in [-0.4, -0.2) is 36.8 Å². The van der Waals surface area contributed by atoms with Crippen molar-refractivity contribution in [2.24, 2.45) is 0 Å². The van der Waals surface area contributed by atoms with Gasteiger partial charge in [-0.3, -0.25) is 4.98 Å². The summed E-state index contributed by atoms with van der Waals surface area (Å²) < 4.78 is 1.85. The Labute approximate surface area is 160 Å². The molecule has 0 saturated heterocycles. The number of fused-ring (bicyclic) bond motifs is 2. The molecule has 3 heterocycles. The summed E-state index contributed by atoms with van der Waals surface area (Å²) in [5.74, 6) is 0.355. The highest BCUT2D eigenvalue weighted by Crippen LogP contribution is 2.33. The summed E-state index contributed by atoms with van der Waals surface area (Å²) in [6.45, 7) is 4.02. The van der Waals surface area contributed by atoms with E-state index >= 15 is 0 Å². The Hall–Kier alpha value is -3.94. The van der Waals surface area contributed by atoms with Crippen molar-refractivity contribution in [3.63, 3.8) is 0 Å². The zero-order valence-electron chi connectivity index (χ0n) is 14.9.